The third kappa shape index (κ3) is 5.15. The van der Waals surface area contributed by atoms with Crippen molar-refractivity contribution in [2.75, 3.05) is 26.2 Å². The smallest absolute Gasteiger partial charge is 0.128 e. The summed E-state index contributed by atoms with van der Waals surface area (Å²) < 4.78 is 14.5. The van der Waals surface area contributed by atoms with E-state index in [1.807, 2.05) is 12.1 Å². The first-order valence-electron chi connectivity index (χ1n) is 7.52. The number of nitrogens with zero attached hydrogens (tertiary/aromatic N) is 1. The minimum Gasteiger partial charge on any atom is -0.312 e. The Balaban J connectivity index is 1.69. The van der Waals surface area contributed by atoms with Crippen LogP contribution in [0.25, 0.3) is 0 Å². The topological polar surface area (TPSA) is 15.3 Å². The maximum Gasteiger partial charge on any atom is 0.128 e. The van der Waals surface area contributed by atoms with E-state index in [1.165, 1.54) is 38.4 Å². The van der Waals surface area contributed by atoms with Crippen molar-refractivity contribution in [3.63, 3.8) is 0 Å². The van der Waals surface area contributed by atoms with E-state index in [-0.39, 0.29) is 5.82 Å². The molecule has 0 aromatic heterocycles. The summed E-state index contributed by atoms with van der Waals surface area (Å²) in [6.45, 7) is 7.43. The van der Waals surface area contributed by atoms with Gasteiger partial charge in [-0.25, -0.2) is 4.39 Å². The van der Waals surface area contributed by atoms with Crippen molar-refractivity contribution in [2.45, 2.75) is 32.7 Å². The van der Waals surface area contributed by atoms with Gasteiger partial charge in [0.1, 0.15) is 5.82 Å². The van der Waals surface area contributed by atoms with E-state index in [4.69, 9.17) is 0 Å². The zero-order valence-electron chi connectivity index (χ0n) is 12.2. The fourth-order valence-corrected chi connectivity index (χ4v) is 3.10. The fraction of sp³-hybridized carbons (Fsp3) is 0.625. The van der Waals surface area contributed by atoms with Gasteiger partial charge in [0.05, 0.1) is 0 Å². The SMILES string of the molecule is CC(CNCc1ccc(Br)cc1F)CN1CCCCC1. The van der Waals surface area contributed by atoms with E-state index < -0.39 is 0 Å². The van der Waals surface area contributed by atoms with Gasteiger partial charge < -0.3 is 10.2 Å². The lowest BCUT2D eigenvalue weighted by atomic mass is 10.1. The molecule has 1 N–H and O–H groups in total. The molecule has 0 radical (unpaired) electrons. The largest absolute Gasteiger partial charge is 0.312 e. The van der Waals surface area contributed by atoms with Crippen molar-refractivity contribution in [1.82, 2.24) is 10.2 Å². The van der Waals surface area contributed by atoms with Gasteiger partial charge in [0.25, 0.3) is 0 Å². The van der Waals surface area contributed by atoms with Gasteiger partial charge >= 0.3 is 0 Å². The first-order valence-corrected chi connectivity index (χ1v) is 8.31. The lowest BCUT2D eigenvalue weighted by Gasteiger charge is -2.29. The molecule has 1 aliphatic heterocycles. The molecule has 1 unspecified atom stereocenters. The number of rotatable bonds is 6. The monoisotopic (exact) mass is 342 g/mol. The summed E-state index contributed by atoms with van der Waals surface area (Å²) in [4.78, 5) is 2.55. The number of hydrogen-bond donors (Lipinski definition) is 1. The highest BCUT2D eigenvalue weighted by Gasteiger charge is 2.13. The Hall–Kier alpha value is -0.450. The zero-order valence-corrected chi connectivity index (χ0v) is 13.8. The first-order chi connectivity index (χ1) is 9.65. The molecule has 1 aromatic rings. The van der Waals surface area contributed by atoms with Crippen LogP contribution in [0.2, 0.25) is 0 Å². The van der Waals surface area contributed by atoms with Crippen molar-refractivity contribution in [3.8, 4) is 0 Å². The maximum atomic E-state index is 13.7. The highest BCUT2D eigenvalue weighted by Crippen LogP contribution is 2.15. The second kappa shape index (κ2) is 8.11. The minimum absolute atomic E-state index is 0.143. The Morgan fingerprint density at radius 1 is 1.30 bits per heavy atom. The van der Waals surface area contributed by atoms with E-state index in [2.05, 4.69) is 33.1 Å². The summed E-state index contributed by atoms with van der Waals surface area (Å²) in [5.41, 5.74) is 0.735. The Labute approximate surface area is 129 Å². The maximum absolute atomic E-state index is 13.7. The van der Waals surface area contributed by atoms with E-state index in [0.717, 1.165) is 23.1 Å². The third-order valence-corrected chi connectivity index (χ3v) is 4.34. The molecule has 1 aliphatic rings. The molecule has 1 saturated heterocycles. The molecule has 0 spiro atoms. The van der Waals surface area contributed by atoms with Gasteiger partial charge in [-0.15, -0.1) is 0 Å². The molecule has 0 aliphatic carbocycles. The van der Waals surface area contributed by atoms with Crippen molar-refractivity contribution < 1.29 is 4.39 Å². The van der Waals surface area contributed by atoms with Crippen molar-refractivity contribution >= 4 is 15.9 Å². The summed E-state index contributed by atoms with van der Waals surface area (Å²) in [6.07, 6.45) is 4.06. The quantitative estimate of drug-likeness (QED) is 0.845. The molecule has 1 heterocycles. The predicted octanol–water partition coefficient (Wildman–Crippen LogP) is 3.80. The molecule has 1 aromatic carbocycles. The Kier molecular flexibility index (Phi) is 6.46. The van der Waals surface area contributed by atoms with Gasteiger partial charge in [0, 0.05) is 23.1 Å². The number of nitrogens with one attached hydrogen (secondary N) is 1. The van der Waals surface area contributed by atoms with E-state index >= 15 is 0 Å². The highest BCUT2D eigenvalue weighted by atomic mass is 79.9. The molecule has 20 heavy (non-hydrogen) atoms. The molecule has 0 saturated carbocycles. The van der Waals surface area contributed by atoms with Crippen LogP contribution in [0.4, 0.5) is 4.39 Å². The lowest BCUT2D eigenvalue weighted by molar-refractivity contribution is 0.199. The molecular formula is C16H24BrFN2. The van der Waals surface area contributed by atoms with Crippen molar-refractivity contribution in [1.29, 1.82) is 0 Å². The normalized spacial score (nSPS) is 18.1. The molecule has 2 rings (SSSR count). The number of piperidine rings is 1. The molecule has 0 amide bonds. The molecule has 4 heteroatoms. The highest BCUT2D eigenvalue weighted by molar-refractivity contribution is 9.10. The van der Waals surface area contributed by atoms with Gasteiger partial charge in [-0.1, -0.05) is 35.3 Å². The lowest BCUT2D eigenvalue weighted by Crippen LogP contribution is -2.36. The van der Waals surface area contributed by atoms with Gasteiger partial charge in [-0.05, 0) is 50.5 Å². The summed E-state index contributed by atoms with van der Waals surface area (Å²) in [6, 6.07) is 5.24. The third-order valence-electron chi connectivity index (χ3n) is 3.84. The number of likely N-dealkylation sites (tertiary alicyclic amines) is 1. The summed E-state index contributed by atoms with van der Waals surface area (Å²) >= 11 is 3.28. The Morgan fingerprint density at radius 3 is 2.75 bits per heavy atom. The van der Waals surface area contributed by atoms with E-state index in [9.17, 15) is 4.39 Å². The van der Waals surface area contributed by atoms with Crippen LogP contribution in [-0.2, 0) is 6.54 Å². The second-order valence-corrected chi connectivity index (χ2v) is 6.75. The average Bonchev–Trinajstić information content (AvgIpc) is 2.42. The van der Waals surface area contributed by atoms with Crippen LogP contribution in [-0.4, -0.2) is 31.1 Å². The number of hydrogen-bond acceptors (Lipinski definition) is 2. The van der Waals surface area contributed by atoms with Crippen LogP contribution in [0.15, 0.2) is 22.7 Å². The second-order valence-electron chi connectivity index (χ2n) is 5.83. The number of benzene rings is 1. The molecule has 1 atom stereocenters. The van der Waals surface area contributed by atoms with Gasteiger partial charge in [0.15, 0.2) is 0 Å². The van der Waals surface area contributed by atoms with Gasteiger partial charge in [-0.2, -0.15) is 0 Å². The van der Waals surface area contributed by atoms with Crippen LogP contribution in [0.5, 0.6) is 0 Å². The van der Waals surface area contributed by atoms with E-state index in [0.29, 0.717) is 12.5 Å². The van der Waals surface area contributed by atoms with Crippen LogP contribution in [0.1, 0.15) is 31.7 Å². The van der Waals surface area contributed by atoms with Gasteiger partial charge in [-0.3, -0.25) is 0 Å². The minimum atomic E-state index is -0.143. The Bertz CT molecular complexity index is 419. The summed E-state index contributed by atoms with van der Waals surface area (Å²) in [7, 11) is 0. The van der Waals surface area contributed by atoms with Crippen LogP contribution in [0, 0.1) is 11.7 Å². The van der Waals surface area contributed by atoms with Gasteiger partial charge in [0.2, 0.25) is 0 Å². The van der Waals surface area contributed by atoms with Crippen molar-refractivity contribution in [3.05, 3.63) is 34.1 Å². The first kappa shape index (κ1) is 15.9. The average molecular weight is 343 g/mol. The molecular weight excluding hydrogens is 319 g/mol. The standard InChI is InChI=1S/C16H24BrFN2/c1-13(12-20-7-3-2-4-8-20)10-19-11-14-5-6-15(17)9-16(14)18/h5-6,9,13,19H,2-4,7-8,10-12H2,1H3. The molecule has 112 valence electrons. The summed E-state index contributed by atoms with van der Waals surface area (Å²) in [5.74, 6) is 0.460. The van der Waals surface area contributed by atoms with Crippen LogP contribution < -0.4 is 5.32 Å². The van der Waals surface area contributed by atoms with Crippen LogP contribution >= 0.6 is 15.9 Å². The fourth-order valence-electron chi connectivity index (χ4n) is 2.77. The van der Waals surface area contributed by atoms with Crippen molar-refractivity contribution in [2.24, 2.45) is 5.92 Å². The molecule has 2 nitrogen and oxygen atoms in total. The zero-order chi connectivity index (χ0) is 14.4. The Morgan fingerprint density at radius 2 is 2.05 bits per heavy atom. The molecule has 0 bridgehead atoms. The predicted molar refractivity (Wildman–Crippen MR) is 85.3 cm³/mol. The van der Waals surface area contributed by atoms with Crippen LogP contribution in [0.3, 0.4) is 0 Å². The summed E-state index contributed by atoms with van der Waals surface area (Å²) in [5, 5.41) is 3.37. The van der Waals surface area contributed by atoms with E-state index in [1.54, 1.807) is 0 Å². The number of halogens is 2. The molecule has 1 fully saturated rings.